The van der Waals surface area contributed by atoms with Crippen LogP contribution in [0.3, 0.4) is 0 Å². The zero-order valence-electron chi connectivity index (χ0n) is 13.1. The Bertz CT molecular complexity index is 611. The number of nitrogens with one attached hydrogen (secondary N) is 1. The van der Waals surface area contributed by atoms with E-state index < -0.39 is 11.9 Å². The van der Waals surface area contributed by atoms with E-state index in [4.69, 9.17) is 18.9 Å². The predicted molar refractivity (Wildman–Crippen MR) is 82.2 cm³/mol. The van der Waals surface area contributed by atoms with Crippen molar-refractivity contribution in [2.24, 2.45) is 0 Å². The van der Waals surface area contributed by atoms with Crippen molar-refractivity contribution in [3.8, 4) is 11.5 Å². The maximum absolute atomic E-state index is 11.7. The van der Waals surface area contributed by atoms with Crippen molar-refractivity contribution in [2.75, 3.05) is 25.3 Å². The zero-order chi connectivity index (χ0) is 16.7. The van der Waals surface area contributed by atoms with E-state index in [2.05, 4.69) is 5.32 Å². The largest absolute Gasteiger partial charge is 0.466 e. The van der Waals surface area contributed by atoms with Crippen molar-refractivity contribution in [3.63, 3.8) is 0 Å². The number of ether oxygens (including phenoxy) is 4. The fourth-order valence-electron chi connectivity index (χ4n) is 1.98. The number of benzene rings is 1. The highest BCUT2D eigenvalue weighted by atomic mass is 16.7. The Morgan fingerprint density at radius 2 is 1.91 bits per heavy atom. The van der Waals surface area contributed by atoms with E-state index in [1.54, 1.807) is 32.0 Å². The second-order valence-electron chi connectivity index (χ2n) is 4.60. The van der Waals surface area contributed by atoms with Crippen LogP contribution in [-0.4, -0.2) is 31.9 Å². The molecule has 0 radical (unpaired) electrons. The van der Waals surface area contributed by atoms with Gasteiger partial charge >= 0.3 is 11.9 Å². The van der Waals surface area contributed by atoms with Crippen LogP contribution in [0, 0.1) is 0 Å². The summed E-state index contributed by atoms with van der Waals surface area (Å²) in [6.45, 7) is 4.13. The van der Waals surface area contributed by atoms with Crippen LogP contribution in [0.5, 0.6) is 11.5 Å². The Morgan fingerprint density at radius 1 is 1.17 bits per heavy atom. The zero-order valence-corrected chi connectivity index (χ0v) is 13.1. The summed E-state index contributed by atoms with van der Waals surface area (Å²) >= 11 is 0. The molecule has 0 bridgehead atoms. The lowest BCUT2D eigenvalue weighted by Crippen LogP contribution is -2.12. The maximum atomic E-state index is 11.7. The molecule has 2 rings (SSSR count). The van der Waals surface area contributed by atoms with Gasteiger partial charge in [0.2, 0.25) is 6.79 Å². The highest BCUT2D eigenvalue weighted by molar-refractivity contribution is 5.85. The Kier molecular flexibility index (Phi) is 5.85. The smallest absolute Gasteiger partial charge is 0.332 e. The van der Waals surface area contributed by atoms with Gasteiger partial charge in [-0.2, -0.15) is 0 Å². The van der Waals surface area contributed by atoms with Crippen molar-refractivity contribution in [3.05, 3.63) is 30.0 Å². The first-order valence-electron chi connectivity index (χ1n) is 7.32. The van der Waals surface area contributed by atoms with Crippen molar-refractivity contribution >= 4 is 17.6 Å². The number of anilines is 1. The lowest BCUT2D eigenvalue weighted by atomic mass is 10.2. The molecule has 1 aromatic carbocycles. The van der Waals surface area contributed by atoms with Gasteiger partial charge < -0.3 is 24.3 Å². The van der Waals surface area contributed by atoms with Gasteiger partial charge in [-0.25, -0.2) is 4.79 Å². The van der Waals surface area contributed by atoms with Crippen LogP contribution in [0.4, 0.5) is 5.69 Å². The van der Waals surface area contributed by atoms with E-state index in [9.17, 15) is 9.59 Å². The Balaban J connectivity index is 2.12. The van der Waals surface area contributed by atoms with Crippen LogP contribution in [0.2, 0.25) is 0 Å². The van der Waals surface area contributed by atoms with E-state index in [1.165, 1.54) is 6.08 Å². The van der Waals surface area contributed by atoms with Gasteiger partial charge in [0.1, 0.15) is 0 Å². The first-order valence-corrected chi connectivity index (χ1v) is 7.32. The molecule has 0 saturated carbocycles. The summed E-state index contributed by atoms with van der Waals surface area (Å²) in [7, 11) is 0. The van der Waals surface area contributed by atoms with E-state index >= 15 is 0 Å². The van der Waals surface area contributed by atoms with Crippen LogP contribution >= 0.6 is 0 Å². The molecule has 7 nitrogen and oxygen atoms in total. The molecule has 0 fully saturated rings. The molecule has 0 unspecified atom stereocenters. The average Bonchev–Trinajstić information content (AvgIpc) is 2.95. The summed E-state index contributed by atoms with van der Waals surface area (Å²) in [6.07, 6.45) is 1.17. The van der Waals surface area contributed by atoms with Gasteiger partial charge in [-0.3, -0.25) is 4.79 Å². The minimum Gasteiger partial charge on any atom is -0.466 e. The average molecular weight is 321 g/mol. The van der Waals surface area contributed by atoms with Gasteiger partial charge in [-0.15, -0.1) is 0 Å². The highest BCUT2D eigenvalue weighted by Gasteiger charge is 2.15. The second-order valence-corrected chi connectivity index (χ2v) is 4.60. The van der Waals surface area contributed by atoms with E-state index in [0.29, 0.717) is 22.9 Å². The van der Waals surface area contributed by atoms with Crippen LogP contribution in [0.15, 0.2) is 30.0 Å². The van der Waals surface area contributed by atoms with Gasteiger partial charge in [-0.1, -0.05) is 0 Å². The molecule has 0 spiro atoms. The minimum atomic E-state index is -0.528. The number of carbonyl (C=O) groups is 2. The molecule has 1 heterocycles. The minimum absolute atomic E-state index is 0.0684. The van der Waals surface area contributed by atoms with E-state index in [1.807, 2.05) is 0 Å². The third-order valence-electron chi connectivity index (χ3n) is 2.90. The molecule has 1 N–H and O–H groups in total. The number of esters is 2. The summed E-state index contributed by atoms with van der Waals surface area (Å²) in [6, 6.07) is 5.24. The molecule has 7 heteroatoms. The van der Waals surface area contributed by atoms with Crippen LogP contribution in [0.25, 0.3) is 0 Å². The molecule has 0 atom stereocenters. The van der Waals surface area contributed by atoms with Crippen molar-refractivity contribution < 1.29 is 28.5 Å². The molecule has 1 aromatic rings. The molecular weight excluding hydrogens is 302 g/mol. The molecule has 23 heavy (non-hydrogen) atoms. The Morgan fingerprint density at radius 3 is 2.65 bits per heavy atom. The SMILES string of the molecule is CCOC(=O)/C=C(/CC(=O)OCC)Nc1ccc2c(c1)OCO2. The Labute approximate surface area is 134 Å². The third kappa shape index (κ3) is 4.91. The van der Waals surface area contributed by atoms with E-state index in [0.717, 1.165) is 0 Å². The molecule has 0 aromatic heterocycles. The third-order valence-corrected chi connectivity index (χ3v) is 2.90. The van der Waals surface area contributed by atoms with Gasteiger partial charge in [0.15, 0.2) is 11.5 Å². The first-order chi connectivity index (χ1) is 11.1. The highest BCUT2D eigenvalue weighted by Crippen LogP contribution is 2.34. The molecule has 0 aliphatic carbocycles. The van der Waals surface area contributed by atoms with Crippen molar-refractivity contribution in [1.82, 2.24) is 0 Å². The molecule has 0 saturated heterocycles. The van der Waals surface area contributed by atoms with E-state index in [-0.39, 0.29) is 26.4 Å². The van der Waals surface area contributed by atoms with Crippen molar-refractivity contribution in [2.45, 2.75) is 20.3 Å². The maximum Gasteiger partial charge on any atom is 0.332 e. The summed E-state index contributed by atoms with van der Waals surface area (Å²) in [4.78, 5) is 23.3. The fourth-order valence-corrected chi connectivity index (χ4v) is 1.98. The summed E-state index contributed by atoms with van der Waals surface area (Å²) in [5, 5.41) is 3.01. The first kappa shape index (κ1) is 16.7. The van der Waals surface area contributed by atoms with Crippen LogP contribution < -0.4 is 14.8 Å². The monoisotopic (exact) mass is 321 g/mol. The van der Waals surface area contributed by atoms with Crippen LogP contribution in [0.1, 0.15) is 20.3 Å². The van der Waals surface area contributed by atoms with Gasteiger partial charge in [0, 0.05) is 23.5 Å². The number of rotatable bonds is 7. The molecule has 1 aliphatic heterocycles. The lowest BCUT2D eigenvalue weighted by molar-refractivity contribution is -0.142. The summed E-state index contributed by atoms with van der Waals surface area (Å²) in [5.41, 5.74) is 1.04. The van der Waals surface area contributed by atoms with Gasteiger partial charge in [0.05, 0.1) is 19.6 Å². The van der Waals surface area contributed by atoms with Gasteiger partial charge in [0.25, 0.3) is 0 Å². The molecule has 124 valence electrons. The summed E-state index contributed by atoms with van der Waals surface area (Å²) < 4.78 is 20.3. The number of fused-ring (bicyclic) bond motifs is 1. The normalized spacial score (nSPS) is 12.7. The van der Waals surface area contributed by atoms with Crippen LogP contribution in [-0.2, 0) is 19.1 Å². The van der Waals surface area contributed by atoms with Gasteiger partial charge in [-0.05, 0) is 26.0 Å². The molecule has 1 aliphatic rings. The predicted octanol–water partition coefficient (Wildman–Crippen LogP) is 2.23. The standard InChI is InChI=1S/C16H19NO6/c1-3-20-15(18)8-12(9-16(19)21-4-2)17-11-5-6-13-14(7-11)23-10-22-13/h5-8,17H,3-4,9-10H2,1-2H3/b12-8-. The fraction of sp³-hybridized carbons (Fsp3) is 0.375. The lowest BCUT2D eigenvalue weighted by Gasteiger charge is -2.11. The number of carbonyl (C=O) groups excluding carboxylic acids is 2. The molecule has 0 amide bonds. The summed E-state index contributed by atoms with van der Waals surface area (Å²) in [5.74, 6) is 0.287. The van der Waals surface area contributed by atoms with Crippen molar-refractivity contribution in [1.29, 1.82) is 0 Å². The topological polar surface area (TPSA) is 83.1 Å². The molecular formula is C16H19NO6. The number of hydrogen-bond acceptors (Lipinski definition) is 7. The number of hydrogen-bond donors (Lipinski definition) is 1. The Hall–Kier alpha value is -2.70. The second kappa shape index (κ2) is 8.07. The quantitative estimate of drug-likeness (QED) is 0.609.